The van der Waals surface area contributed by atoms with Gasteiger partial charge in [0.15, 0.2) is 0 Å². The Bertz CT molecular complexity index is 769. The van der Waals surface area contributed by atoms with Crippen LogP contribution in [0.3, 0.4) is 0 Å². The first-order valence-electron chi connectivity index (χ1n) is 8.19. The van der Waals surface area contributed by atoms with E-state index in [-0.39, 0.29) is 12.2 Å². The zero-order chi connectivity index (χ0) is 19.2. The lowest BCUT2D eigenvalue weighted by Crippen LogP contribution is -2.14. The molecule has 0 fully saturated rings. The van der Waals surface area contributed by atoms with Crippen molar-refractivity contribution in [3.05, 3.63) is 77.6 Å². The summed E-state index contributed by atoms with van der Waals surface area (Å²) >= 11 is 0. The van der Waals surface area contributed by atoms with Crippen molar-refractivity contribution in [1.82, 2.24) is 0 Å². The topological polar surface area (TPSA) is 9.23 Å². The van der Waals surface area contributed by atoms with Crippen LogP contribution in [0.1, 0.15) is 18.1 Å². The molecule has 0 heterocycles. The zero-order valence-electron chi connectivity index (χ0n) is 14.6. The van der Waals surface area contributed by atoms with Crippen LogP contribution in [0.4, 0.5) is 17.6 Å². The van der Waals surface area contributed by atoms with Gasteiger partial charge in [-0.1, -0.05) is 60.2 Å². The summed E-state index contributed by atoms with van der Waals surface area (Å²) < 4.78 is 56.4. The average Bonchev–Trinajstić information content (AvgIpc) is 2.61. The fourth-order valence-electron chi connectivity index (χ4n) is 2.40. The van der Waals surface area contributed by atoms with Gasteiger partial charge in [-0.25, -0.2) is 4.39 Å². The molecule has 0 amide bonds. The molecule has 5 heteroatoms. The van der Waals surface area contributed by atoms with Crippen LogP contribution in [-0.2, 0) is 4.74 Å². The van der Waals surface area contributed by atoms with Crippen LogP contribution in [0.5, 0.6) is 0 Å². The molecule has 0 saturated heterocycles. The summed E-state index contributed by atoms with van der Waals surface area (Å²) in [4.78, 5) is 0. The van der Waals surface area contributed by atoms with E-state index >= 15 is 0 Å². The van der Waals surface area contributed by atoms with Crippen LogP contribution in [0.25, 0.3) is 16.7 Å². The predicted octanol–water partition coefficient (Wildman–Crippen LogP) is 6.50. The summed E-state index contributed by atoms with van der Waals surface area (Å²) in [5.74, 6) is -1.14. The van der Waals surface area contributed by atoms with Crippen molar-refractivity contribution in [3.8, 4) is 11.1 Å². The summed E-state index contributed by atoms with van der Waals surface area (Å²) in [6.45, 7) is 2.46. The van der Waals surface area contributed by atoms with E-state index in [1.54, 1.807) is 12.1 Å². The van der Waals surface area contributed by atoms with Gasteiger partial charge in [0.2, 0.25) is 5.76 Å². The fourth-order valence-corrected chi connectivity index (χ4v) is 2.40. The second kappa shape index (κ2) is 8.70. The van der Waals surface area contributed by atoms with Gasteiger partial charge in [-0.2, -0.15) is 13.2 Å². The van der Waals surface area contributed by atoms with Crippen molar-refractivity contribution in [2.45, 2.75) is 20.0 Å². The second-order valence-electron chi connectivity index (χ2n) is 5.73. The highest BCUT2D eigenvalue weighted by Crippen LogP contribution is 2.28. The Balaban J connectivity index is 2.28. The van der Waals surface area contributed by atoms with Crippen molar-refractivity contribution < 1.29 is 22.3 Å². The molecule has 1 nitrogen and oxygen atoms in total. The molecular weight excluding hydrogens is 344 g/mol. The van der Waals surface area contributed by atoms with Crippen LogP contribution in [0.2, 0.25) is 0 Å². The van der Waals surface area contributed by atoms with Crippen LogP contribution in [0.15, 0.2) is 66.4 Å². The highest BCUT2D eigenvalue weighted by molar-refractivity contribution is 5.72. The van der Waals surface area contributed by atoms with E-state index in [9.17, 15) is 17.6 Å². The van der Waals surface area contributed by atoms with Crippen molar-refractivity contribution >= 4 is 5.57 Å². The summed E-state index contributed by atoms with van der Waals surface area (Å²) in [6, 6.07) is 15.0. The molecule has 2 aromatic rings. The van der Waals surface area contributed by atoms with E-state index < -0.39 is 18.6 Å². The number of aryl methyl sites for hydroxylation is 1. The molecule has 0 bridgehead atoms. The molecule has 0 N–H and O–H groups in total. The van der Waals surface area contributed by atoms with Gasteiger partial charge in [-0.3, -0.25) is 0 Å². The lowest BCUT2D eigenvalue weighted by atomic mass is 10.00. The van der Waals surface area contributed by atoms with Gasteiger partial charge in [-0.15, -0.1) is 0 Å². The molecule has 0 radical (unpaired) electrons. The third kappa shape index (κ3) is 5.22. The Morgan fingerprint density at radius 3 is 1.92 bits per heavy atom. The first-order chi connectivity index (χ1) is 12.3. The maximum Gasteiger partial charge on any atom is 0.448 e. The fraction of sp³-hybridized carbons (Fsp3) is 0.238. The van der Waals surface area contributed by atoms with Gasteiger partial charge in [0.1, 0.15) is 6.67 Å². The third-order valence-corrected chi connectivity index (χ3v) is 3.80. The van der Waals surface area contributed by atoms with E-state index in [2.05, 4.69) is 4.74 Å². The molecule has 2 rings (SSSR count). The normalized spacial score (nSPS) is 13.0. The number of halogens is 4. The largest absolute Gasteiger partial charge is 0.489 e. The standard InChI is InChI=1S/C21H20F4O/c1-3-26-20(21(23,24)25)13-12-19(14-22)18-10-8-17(9-11-18)16-6-4-15(2)5-7-16/h4-13H,3,14H2,1-2H3/b19-12+,20-13+. The maximum absolute atomic E-state index is 13.3. The molecule has 0 spiro atoms. The SMILES string of the molecule is CCO/C(=C/C=C(\CF)c1ccc(-c2ccc(C)cc2)cc1)C(F)(F)F. The summed E-state index contributed by atoms with van der Waals surface area (Å²) in [7, 11) is 0. The maximum atomic E-state index is 13.3. The molecule has 0 atom stereocenters. The molecule has 0 aliphatic heterocycles. The average molecular weight is 364 g/mol. The Morgan fingerprint density at radius 1 is 0.923 bits per heavy atom. The van der Waals surface area contributed by atoms with E-state index in [1.165, 1.54) is 6.92 Å². The first kappa shape index (κ1) is 19.8. The molecule has 0 aliphatic rings. The minimum absolute atomic E-state index is 0.116. The van der Waals surface area contributed by atoms with Crippen LogP contribution in [-0.4, -0.2) is 19.5 Å². The number of benzene rings is 2. The van der Waals surface area contributed by atoms with Gasteiger partial charge in [-0.05, 0) is 42.2 Å². The Hall–Kier alpha value is -2.56. The number of hydrogen-bond donors (Lipinski definition) is 0. The molecule has 0 aromatic heterocycles. The van der Waals surface area contributed by atoms with E-state index in [0.717, 1.165) is 28.8 Å². The molecule has 0 saturated carbocycles. The van der Waals surface area contributed by atoms with Crippen molar-refractivity contribution in [1.29, 1.82) is 0 Å². The minimum atomic E-state index is -4.61. The first-order valence-corrected chi connectivity index (χ1v) is 8.19. The quantitative estimate of drug-likeness (QED) is 0.323. The van der Waals surface area contributed by atoms with Crippen LogP contribution in [0, 0.1) is 6.92 Å². The van der Waals surface area contributed by atoms with E-state index in [0.29, 0.717) is 5.56 Å². The molecule has 138 valence electrons. The number of ether oxygens (including phenoxy) is 1. The number of hydrogen-bond acceptors (Lipinski definition) is 1. The third-order valence-electron chi connectivity index (χ3n) is 3.80. The van der Waals surface area contributed by atoms with Crippen LogP contribution >= 0.6 is 0 Å². The van der Waals surface area contributed by atoms with Gasteiger partial charge < -0.3 is 4.74 Å². The molecule has 26 heavy (non-hydrogen) atoms. The molecule has 0 aliphatic carbocycles. The van der Waals surface area contributed by atoms with Crippen LogP contribution < -0.4 is 0 Å². The lowest BCUT2D eigenvalue weighted by Gasteiger charge is -2.11. The molecule has 2 aromatic carbocycles. The minimum Gasteiger partial charge on any atom is -0.489 e. The Morgan fingerprint density at radius 2 is 1.46 bits per heavy atom. The molecule has 0 unspecified atom stereocenters. The number of rotatable bonds is 6. The predicted molar refractivity (Wildman–Crippen MR) is 96.3 cm³/mol. The van der Waals surface area contributed by atoms with Crippen molar-refractivity contribution in [2.24, 2.45) is 0 Å². The number of allylic oxidation sites excluding steroid dienone is 4. The summed E-state index contributed by atoms with van der Waals surface area (Å²) in [6.07, 6.45) is -2.73. The Kier molecular flexibility index (Phi) is 6.61. The number of alkyl halides is 4. The van der Waals surface area contributed by atoms with E-state index in [1.807, 2.05) is 43.3 Å². The van der Waals surface area contributed by atoms with Gasteiger partial charge in [0.25, 0.3) is 0 Å². The highest BCUT2D eigenvalue weighted by Gasteiger charge is 2.35. The van der Waals surface area contributed by atoms with Crippen molar-refractivity contribution in [2.75, 3.05) is 13.3 Å². The Labute approximate surface area is 150 Å². The lowest BCUT2D eigenvalue weighted by molar-refractivity contribution is -0.129. The van der Waals surface area contributed by atoms with Gasteiger partial charge in [0.05, 0.1) is 6.61 Å². The van der Waals surface area contributed by atoms with E-state index in [4.69, 9.17) is 0 Å². The van der Waals surface area contributed by atoms with Gasteiger partial charge >= 0.3 is 6.18 Å². The van der Waals surface area contributed by atoms with Crippen molar-refractivity contribution in [3.63, 3.8) is 0 Å². The zero-order valence-corrected chi connectivity index (χ0v) is 14.6. The smallest absolute Gasteiger partial charge is 0.448 e. The summed E-state index contributed by atoms with van der Waals surface area (Å²) in [5.41, 5.74) is 3.80. The summed E-state index contributed by atoms with van der Waals surface area (Å²) in [5, 5.41) is 0. The molecular formula is C21H20F4O. The highest BCUT2D eigenvalue weighted by atomic mass is 19.4. The van der Waals surface area contributed by atoms with Gasteiger partial charge in [0, 0.05) is 0 Å². The monoisotopic (exact) mass is 364 g/mol. The second-order valence-corrected chi connectivity index (χ2v) is 5.73.